The Morgan fingerprint density at radius 3 is 2.45 bits per heavy atom. The predicted octanol–water partition coefficient (Wildman–Crippen LogP) is 3.59. The maximum Gasteiger partial charge on any atom is 0.387 e. The molecule has 0 amide bonds. The van der Waals surface area contributed by atoms with Crippen LogP contribution >= 0.6 is 0 Å². The fourth-order valence-corrected chi connectivity index (χ4v) is 1.93. The lowest BCUT2D eigenvalue weighted by Crippen LogP contribution is -2.01. The summed E-state index contributed by atoms with van der Waals surface area (Å²) in [6, 6.07) is 13.1. The van der Waals surface area contributed by atoms with Crippen molar-refractivity contribution in [2.75, 3.05) is 5.73 Å². The molecule has 1 aromatic heterocycles. The van der Waals surface area contributed by atoms with E-state index in [1.165, 1.54) is 12.1 Å². The third-order valence-electron chi connectivity index (χ3n) is 2.95. The Balaban J connectivity index is 1.86. The first-order valence-electron chi connectivity index (χ1n) is 6.37. The fourth-order valence-electron chi connectivity index (χ4n) is 1.93. The average Bonchev–Trinajstić information content (AvgIpc) is 2.97. The number of nitrogens with zero attached hydrogens (tertiary/aromatic N) is 2. The van der Waals surface area contributed by atoms with Crippen LogP contribution in [0.1, 0.15) is 0 Å². The Labute approximate surface area is 124 Å². The number of hydrogen-bond donors (Lipinski definition) is 1. The molecule has 112 valence electrons. The normalized spacial score (nSPS) is 10.9. The second kappa shape index (κ2) is 5.80. The molecule has 1 heterocycles. The highest BCUT2D eigenvalue weighted by Gasteiger charge is 2.13. The van der Waals surface area contributed by atoms with Crippen molar-refractivity contribution in [2.45, 2.75) is 6.61 Å². The molecule has 0 atom stereocenters. The van der Waals surface area contributed by atoms with Crippen molar-refractivity contribution in [3.05, 3.63) is 48.5 Å². The molecule has 2 N–H and O–H groups in total. The number of ether oxygens (including phenoxy) is 1. The van der Waals surface area contributed by atoms with Crippen LogP contribution in [0.2, 0.25) is 0 Å². The zero-order chi connectivity index (χ0) is 15.5. The molecule has 0 bridgehead atoms. The van der Waals surface area contributed by atoms with Crippen LogP contribution in [-0.4, -0.2) is 16.8 Å². The zero-order valence-corrected chi connectivity index (χ0v) is 11.2. The third kappa shape index (κ3) is 2.88. The number of anilines is 1. The van der Waals surface area contributed by atoms with Crippen LogP contribution in [-0.2, 0) is 0 Å². The van der Waals surface area contributed by atoms with Crippen LogP contribution in [0.15, 0.2) is 53.1 Å². The summed E-state index contributed by atoms with van der Waals surface area (Å²) in [4.78, 5) is 4.26. The van der Waals surface area contributed by atoms with E-state index in [1.807, 2.05) is 6.07 Å². The van der Waals surface area contributed by atoms with E-state index in [0.717, 1.165) is 0 Å². The van der Waals surface area contributed by atoms with Crippen molar-refractivity contribution in [1.29, 1.82) is 0 Å². The van der Waals surface area contributed by atoms with E-state index in [0.29, 0.717) is 28.5 Å². The van der Waals surface area contributed by atoms with Crippen LogP contribution in [0.3, 0.4) is 0 Å². The Bertz CT molecular complexity index is 772. The van der Waals surface area contributed by atoms with Crippen LogP contribution < -0.4 is 10.5 Å². The molecule has 22 heavy (non-hydrogen) atoms. The number of halogens is 2. The van der Waals surface area contributed by atoms with Gasteiger partial charge < -0.3 is 15.0 Å². The van der Waals surface area contributed by atoms with E-state index in [4.69, 9.17) is 10.3 Å². The maximum atomic E-state index is 12.1. The number of benzene rings is 2. The van der Waals surface area contributed by atoms with Crippen molar-refractivity contribution >= 4 is 5.69 Å². The summed E-state index contributed by atoms with van der Waals surface area (Å²) >= 11 is 0. The molecule has 0 spiro atoms. The summed E-state index contributed by atoms with van der Waals surface area (Å²) in [5, 5.41) is 3.86. The largest absolute Gasteiger partial charge is 0.435 e. The van der Waals surface area contributed by atoms with E-state index < -0.39 is 6.61 Å². The summed E-state index contributed by atoms with van der Waals surface area (Å²) in [7, 11) is 0. The van der Waals surface area contributed by atoms with Crippen molar-refractivity contribution in [1.82, 2.24) is 10.1 Å². The van der Waals surface area contributed by atoms with Gasteiger partial charge >= 0.3 is 6.61 Å². The number of hydrogen-bond acceptors (Lipinski definition) is 5. The van der Waals surface area contributed by atoms with E-state index in [-0.39, 0.29) is 5.75 Å². The van der Waals surface area contributed by atoms with Gasteiger partial charge in [-0.05, 0) is 36.4 Å². The first-order chi connectivity index (χ1) is 10.6. The molecular weight excluding hydrogens is 292 g/mol. The van der Waals surface area contributed by atoms with Gasteiger partial charge in [0, 0.05) is 11.3 Å². The lowest BCUT2D eigenvalue weighted by Gasteiger charge is -2.03. The Kier molecular flexibility index (Phi) is 3.69. The van der Waals surface area contributed by atoms with Crippen LogP contribution in [0.5, 0.6) is 5.75 Å². The SMILES string of the molecule is Nc1ccccc1-c1nc(-c2ccc(OC(F)F)cc2)no1. The Morgan fingerprint density at radius 2 is 1.77 bits per heavy atom. The number of rotatable bonds is 4. The summed E-state index contributed by atoms with van der Waals surface area (Å²) in [6.45, 7) is -2.86. The van der Waals surface area contributed by atoms with E-state index >= 15 is 0 Å². The number of nitrogens with two attached hydrogens (primary N) is 1. The van der Waals surface area contributed by atoms with Gasteiger partial charge in [-0.2, -0.15) is 13.8 Å². The van der Waals surface area contributed by atoms with E-state index in [9.17, 15) is 8.78 Å². The first-order valence-corrected chi connectivity index (χ1v) is 6.37. The number of nitrogen functional groups attached to an aromatic ring is 1. The molecule has 0 unspecified atom stereocenters. The Hall–Kier alpha value is -2.96. The molecule has 0 saturated heterocycles. The summed E-state index contributed by atoms with van der Waals surface area (Å²) < 4.78 is 33.7. The molecule has 7 heteroatoms. The smallest absolute Gasteiger partial charge is 0.387 e. The van der Waals surface area contributed by atoms with Crippen molar-refractivity contribution in [2.24, 2.45) is 0 Å². The highest BCUT2D eigenvalue weighted by atomic mass is 19.3. The van der Waals surface area contributed by atoms with Crippen molar-refractivity contribution in [3.8, 4) is 28.6 Å². The summed E-state index contributed by atoms with van der Waals surface area (Å²) in [5.41, 5.74) is 7.63. The van der Waals surface area contributed by atoms with Crippen LogP contribution in [0.25, 0.3) is 22.8 Å². The van der Waals surface area contributed by atoms with Crippen LogP contribution in [0, 0.1) is 0 Å². The van der Waals surface area contributed by atoms with E-state index in [2.05, 4.69) is 14.9 Å². The molecule has 0 aliphatic carbocycles. The minimum atomic E-state index is -2.86. The molecule has 0 aliphatic rings. The second-order valence-electron chi connectivity index (χ2n) is 4.41. The van der Waals surface area contributed by atoms with Gasteiger partial charge in [-0.1, -0.05) is 17.3 Å². The quantitative estimate of drug-likeness (QED) is 0.746. The first kappa shape index (κ1) is 14.0. The molecule has 0 saturated carbocycles. The molecule has 2 aromatic carbocycles. The van der Waals surface area contributed by atoms with Gasteiger partial charge in [-0.25, -0.2) is 0 Å². The second-order valence-corrected chi connectivity index (χ2v) is 4.41. The minimum Gasteiger partial charge on any atom is -0.435 e. The number of aromatic nitrogens is 2. The van der Waals surface area contributed by atoms with Crippen molar-refractivity contribution in [3.63, 3.8) is 0 Å². The molecule has 3 aromatic rings. The molecule has 5 nitrogen and oxygen atoms in total. The third-order valence-corrected chi connectivity index (χ3v) is 2.95. The van der Waals surface area contributed by atoms with Crippen molar-refractivity contribution < 1.29 is 18.0 Å². The molecule has 0 fully saturated rings. The van der Waals surface area contributed by atoms with Gasteiger partial charge in [0.1, 0.15) is 5.75 Å². The fraction of sp³-hybridized carbons (Fsp3) is 0.0667. The summed E-state index contributed by atoms with van der Waals surface area (Å²) in [6.07, 6.45) is 0. The standard InChI is InChI=1S/C15H11F2N3O2/c16-15(17)21-10-7-5-9(6-8-10)13-19-14(22-20-13)11-3-1-2-4-12(11)18/h1-8,15H,18H2. The topological polar surface area (TPSA) is 74.2 Å². The lowest BCUT2D eigenvalue weighted by molar-refractivity contribution is -0.0498. The highest BCUT2D eigenvalue weighted by Crippen LogP contribution is 2.27. The highest BCUT2D eigenvalue weighted by molar-refractivity contribution is 5.71. The van der Waals surface area contributed by atoms with Gasteiger partial charge in [-0.3, -0.25) is 0 Å². The number of alkyl halides is 2. The van der Waals surface area contributed by atoms with Gasteiger partial charge in [0.25, 0.3) is 5.89 Å². The van der Waals surface area contributed by atoms with Gasteiger partial charge in [0.2, 0.25) is 5.82 Å². The predicted molar refractivity (Wildman–Crippen MR) is 76.2 cm³/mol. The molecule has 0 radical (unpaired) electrons. The monoisotopic (exact) mass is 303 g/mol. The molecular formula is C15H11F2N3O2. The average molecular weight is 303 g/mol. The number of para-hydroxylation sites is 1. The van der Waals surface area contributed by atoms with Gasteiger partial charge in [0.15, 0.2) is 0 Å². The van der Waals surface area contributed by atoms with Crippen LogP contribution in [0.4, 0.5) is 14.5 Å². The minimum absolute atomic E-state index is 0.0646. The summed E-state index contributed by atoms with van der Waals surface area (Å²) in [5.74, 6) is 0.692. The molecule has 0 aliphatic heterocycles. The lowest BCUT2D eigenvalue weighted by atomic mass is 10.2. The van der Waals surface area contributed by atoms with Gasteiger partial charge in [-0.15, -0.1) is 0 Å². The van der Waals surface area contributed by atoms with Gasteiger partial charge in [0.05, 0.1) is 5.56 Å². The molecule has 3 rings (SSSR count). The maximum absolute atomic E-state index is 12.1. The Morgan fingerprint density at radius 1 is 1.05 bits per heavy atom. The van der Waals surface area contributed by atoms with E-state index in [1.54, 1.807) is 30.3 Å². The zero-order valence-electron chi connectivity index (χ0n) is 11.2.